The predicted molar refractivity (Wildman–Crippen MR) is 97.9 cm³/mol. The second-order valence-electron chi connectivity index (χ2n) is 8.30. The third-order valence-electron chi connectivity index (χ3n) is 6.49. The number of hydrogen-bond acceptors (Lipinski definition) is 5. The molecule has 3 saturated heterocycles. The van der Waals surface area contributed by atoms with Gasteiger partial charge in [0.1, 0.15) is 18.7 Å². The summed E-state index contributed by atoms with van der Waals surface area (Å²) >= 11 is 0. The van der Waals surface area contributed by atoms with E-state index in [1.54, 1.807) is 9.80 Å². The summed E-state index contributed by atoms with van der Waals surface area (Å²) in [4.78, 5) is 54.1. The number of amides is 4. The summed E-state index contributed by atoms with van der Waals surface area (Å²) in [5.41, 5.74) is 0. The van der Waals surface area contributed by atoms with E-state index >= 15 is 0 Å². The van der Waals surface area contributed by atoms with E-state index in [1.165, 1.54) is 7.11 Å². The number of rotatable bonds is 4. The van der Waals surface area contributed by atoms with Crippen LogP contribution in [0.3, 0.4) is 0 Å². The van der Waals surface area contributed by atoms with Gasteiger partial charge in [-0.3, -0.25) is 19.2 Å². The van der Waals surface area contributed by atoms with Gasteiger partial charge in [0.25, 0.3) is 0 Å². The van der Waals surface area contributed by atoms with Gasteiger partial charge in [-0.15, -0.1) is 0 Å². The molecule has 4 aliphatic rings. The molecule has 4 fully saturated rings. The van der Waals surface area contributed by atoms with Crippen LogP contribution >= 0.6 is 0 Å². The van der Waals surface area contributed by atoms with Crippen LogP contribution in [0.15, 0.2) is 0 Å². The monoisotopic (exact) mass is 392 g/mol. The average Bonchev–Trinajstić information content (AvgIpc) is 3.39. The molecule has 4 rings (SSSR count). The Kier molecular flexibility index (Phi) is 5.27. The summed E-state index contributed by atoms with van der Waals surface area (Å²) in [6.45, 7) is 0.722. The van der Waals surface area contributed by atoms with Gasteiger partial charge in [0.05, 0.1) is 6.04 Å². The Balaban J connectivity index is 1.50. The van der Waals surface area contributed by atoms with Crippen molar-refractivity contribution in [1.29, 1.82) is 0 Å². The molecule has 9 nitrogen and oxygen atoms in total. The second-order valence-corrected chi connectivity index (χ2v) is 8.30. The first-order chi connectivity index (χ1) is 13.5. The lowest BCUT2D eigenvalue weighted by atomic mass is 10.0. The van der Waals surface area contributed by atoms with Gasteiger partial charge in [-0.05, 0) is 25.7 Å². The van der Waals surface area contributed by atoms with Crippen LogP contribution in [-0.4, -0.2) is 84.4 Å². The van der Waals surface area contributed by atoms with Crippen molar-refractivity contribution in [3.05, 3.63) is 0 Å². The Morgan fingerprint density at radius 3 is 2.68 bits per heavy atom. The van der Waals surface area contributed by atoms with Crippen molar-refractivity contribution in [2.75, 3.05) is 26.8 Å². The first-order valence-electron chi connectivity index (χ1n) is 10.2. The molecule has 1 saturated carbocycles. The fourth-order valence-electron chi connectivity index (χ4n) is 5.19. The maximum atomic E-state index is 13.3. The maximum absolute atomic E-state index is 13.3. The predicted octanol–water partition coefficient (Wildman–Crippen LogP) is -0.992. The minimum atomic E-state index is -0.629. The van der Waals surface area contributed by atoms with E-state index in [0.29, 0.717) is 19.4 Å². The first kappa shape index (κ1) is 19.2. The summed E-state index contributed by atoms with van der Waals surface area (Å²) in [5.74, 6) is -0.592. The van der Waals surface area contributed by atoms with E-state index in [4.69, 9.17) is 4.74 Å². The number of carbonyl (C=O) groups excluding carboxylic acids is 4. The van der Waals surface area contributed by atoms with Crippen molar-refractivity contribution in [3.8, 4) is 0 Å². The Morgan fingerprint density at radius 2 is 1.96 bits per heavy atom. The van der Waals surface area contributed by atoms with Gasteiger partial charge in [0.2, 0.25) is 23.6 Å². The number of nitrogens with one attached hydrogen (secondary N) is 2. The average molecular weight is 392 g/mol. The summed E-state index contributed by atoms with van der Waals surface area (Å²) in [5, 5.41) is 5.80. The van der Waals surface area contributed by atoms with Gasteiger partial charge in [0.15, 0.2) is 0 Å². The molecule has 4 unspecified atom stereocenters. The van der Waals surface area contributed by atoms with Crippen molar-refractivity contribution in [1.82, 2.24) is 20.4 Å². The molecule has 3 heterocycles. The summed E-state index contributed by atoms with van der Waals surface area (Å²) in [6.07, 6.45) is 4.86. The van der Waals surface area contributed by atoms with Gasteiger partial charge in [-0.1, -0.05) is 12.8 Å². The molecule has 0 bridgehead atoms. The van der Waals surface area contributed by atoms with E-state index in [2.05, 4.69) is 10.6 Å². The highest BCUT2D eigenvalue weighted by molar-refractivity contribution is 5.97. The molecule has 0 aromatic carbocycles. The molecule has 154 valence electrons. The zero-order chi connectivity index (χ0) is 19.8. The van der Waals surface area contributed by atoms with E-state index in [-0.39, 0.29) is 54.8 Å². The lowest BCUT2D eigenvalue weighted by Crippen LogP contribution is -2.53. The van der Waals surface area contributed by atoms with Gasteiger partial charge < -0.3 is 25.2 Å². The number of carbonyl (C=O) groups is 4. The standard InChI is InChI=1S/C19H28N4O5/c1-28-10-15(24)20-12-8-14-17(25)21-13-6-7-22(16(13)19(27)23(14)9-12)18(26)11-4-2-3-5-11/h11-14,16H,2-10H2,1H3,(H,20,24)(H,21,25). The van der Waals surface area contributed by atoms with E-state index in [9.17, 15) is 19.2 Å². The second kappa shape index (κ2) is 7.69. The zero-order valence-electron chi connectivity index (χ0n) is 16.2. The molecule has 9 heteroatoms. The van der Waals surface area contributed by atoms with Crippen molar-refractivity contribution in [2.24, 2.45) is 5.92 Å². The van der Waals surface area contributed by atoms with Gasteiger partial charge in [-0.2, -0.15) is 0 Å². The van der Waals surface area contributed by atoms with Crippen LogP contribution in [0.2, 0.25) is 0 Å². The van der Waals surface area contributed by atoms with Crippen molar-refractivity contribution < 1.29 is 23.9 Å². The largest absolute Gasteiger partial charge is 0.375 e. The maximum Gasteiger partial charge on any atom is 0.248 e. The fourth-order valence-corrected chi connectivity index (χ4v) is 5.19. The van der Waals surface area contributed by atoms with Crippen LogP contribution in [0.5, 0.6) is 0 Å². The molecule has 0 aromatic heterocycles. The lowest BCUT2D eigenvalue weighted by molar-refractivity contribution is -0.146. The Labute approximate surface area is 164 Å². The number of fused-ring (bicyclic) bond motifs is 2. The smallest absolute Gasteiger partial charge is 0.248 e. The number of methoxy groups -OCH3 is 1. The Bertz CT molecular complexity index is 677. The van der Waals surface area contributed by atoms with Crippen molar-refractivity contribution in [3.63, 3.8) is 0 Å². The van der Waals surface area contributed by atoms with Crippen LogP contribution in [-0.2, 0) is 23.9 Å². The number of nitrogens with zero attached hydrogens (tertiary/aromatic N) is 2. The normalized spacial score (nSPS) is 32.8. The Hall–Kier alpha value is -2.16. The molecule has 28 heavy (non-hydrogen) atoms. The Morgan fingerprint density at radius 1 is 1.21 bits per heavy atom. The summed E-state index contributed by atoms with van der Waals surface area (Å²) in [6, 6.07) is -1.85. The van der Waals surface area contributed by atoms with E-state index in [1.807, 2.05) is 0 Å². The fraction of sp³-hybridized carbons (Fsp3) is 0.789. The number of ether oxygens (including phenoxy) is 1. The molecule has 0 spiro atoms. The van der Waals surface area contributed by atoms with Gasteiger partial charge >= 0.3 is 0 Å². The number of hydrogen-bond donors (Lipinski definition) is 2. The van der Waals surface area contributed by atoms with Crippen LogP contribution < -0.4 is 10.6 Å². The first-order valence-corrected chi connectivity index (χ1v) is 10.2. The molecule has 1 aliphatic carbocycles. The van der Waals surface area contributed by atoms with Crippen LogP contribution in [0.25, 0.3) is 0 Å². The highest BCUT2D eigenvalue weighted by Gasteiger charge is 2.53. The molecule has 4 amide bonds. The third-order valence-corrected chi connectivity index (χ3v) is 6.49. The van der Waals surface area contributed by atoms with E-state index in [0.717, 1.165) is 25.7 Å². The molecule has 4 atom stereocenters. The minimum absolute atomic E-state index is 0.000889. The zero-order valence-corrected chi connectivity index (χ0v) is 16.2. The molecule has 0 aromatic rings. The van der Waals surface area contributed by atoms with Crippen LogP contribution in [0.1, 0.15) is 38.5 Å². The topological polar surface area (TPSA) is 108 Å². The van der Waals surface area contributed by atoms with E-state index < -0.39 is 12.1 Å². The molecular weight excluding hydrogens is 364 g/mol. The lowest BCUT2D eigenvalue weighted by Gasteiger charge is -2.30. The molecule has 0 radical (unpaired) electrons. The SMILES string of the molecule is COCC(=O)NC1CC2C(=O)NC3CCN(C(=O)C4CCCC4)C3C(=O)N2C1. The minimum Gasteiger partial charge on any atom is -0.375 e. The molecule has 3 aliphatic heterocycles. The number of likely N-dealkylation sites (tertiary alicyclic amines) is 1. The van der Waals surface area contributed by atoms with Gasteiger partial charge in [-0.25, -0.2) is 0 Å². The highest BCUT2D eigenvalue weighted by atomic mass is 16.5. The van der Waals surface area contributed by atoms with Crippen molar-refractivity contribution >= 4 is 23.6 Å². The highest BCUT2D eigenvalue weighted by Crippen LogP contribution is 2.33. The van der Waals surface area contributed by atoms with Crippen molar-refractivity contribution in [2.45, 2.75) is 62.7 Å². The molecular formula is C19H28N4O5. The summed E-state index contributed by atoms with van der Waals surface area (Å²) < 4.78 is 4.82. The molecule has 2 N–H and O–H groups in total. The van der Waals surface area contributed by atoms with Crippen LogP contribution in [0, 0.1) is 5.92 Å². The summed E-state index contributed by atoms with van der Waals surface area (Å²) in [7, 11) is 1.44. The quantitative estimate of drug-likeness (QED) is 0.639. The van der Waals surface area contributed by atoms with Gasteiger partial charge in [0, 0.05) is 32.2 Å². The van der Waals surface area contributed by atoms with Crippen LogP contribution in [0.4, 0.5) is 0 Å². The third kappa shape index (κ3) is 3.36.